The zero-order valence-electron chi connectivity index (χ0n) is 9.93. The van der Waals surface area contributed by atoms with Crippen LogP contribution in [0.15, 0.2) is 21.2 Å². The van der Waals surface area contributed by atoms with Crippen molar-refractivity contribution in [2.45, 2.75) is 25.8 Å². The minimum atomic E-state index is -0.896. The van der Waals surface area contributed by atoms with Crippen LogP contribution in [-0.4, -0.2) is 34.5 Å². The first-order valence-corrected chi connectivity index (χ1v) is 6.56. The third kappa shape index (κ3) is 2.75. The smallest absolute Gasteiger partial charge is 0.308 e. The fourth-order valence-electron chi connectivity index (χ4n) is 1.73. The topological polar surface area (TPSA) is 70.8 Å². The van der Waals surface area contributed by atoms with Gasteiger partial charge < -0.3 is 14.4 Å². The van der Waals surface area contributed by atoms with Crippen LogP contribution in [0.25, 0.3) is 0 Å². The lowest BCUT2D eigenvalue weighted by Gasteiger charge is -2.23. The van der Waals surface area contributed by atoms with Gasteiger partial charge in [0, 0.05) is 12.6 Å². The predicted molar refractivity (Wildman–Crippen MR) is 67.3 cm³/mol. The Labute approximate surface area is 113 Å². The van der Waals surface area contributed by atoms with Gasteiger partial charge in [-0.15, -0.1) is 0 Å². The van der Waals surface area contributed by atoms with E-state index in [0.717, 1.165) is 12.8 Å². The summed E-state index contributed by atoms with van der Waals surface area (Å²) >= 11 is 3.24. The number of carbonyl (C=O) groups is 2. The molecule has 0 radical (unpaired) electrons. The SMILES string of the molecule is CC(CN(C(=O)c1occc1Br)C1CC1)C(=O)O. The van der Waals surface area contributed by atoms with Crippen molar-refractivity contribution in [3.8, 4) is 0 Å². The number of hydrogen-bond acceptors (Lipinski definition) is 3. The summed E-state index contributed by atoms with van der Waals surface area (Å²) in [7, 11) is 0. The molecule has 0 saturated heterocycles. The van der Waals surface area contributed by atoms with Gasteiger partial charge in [-0.05, 0) is 34.8 Å². The molecule has 2 rings (SSSR count). The van der Waals surface area contributed by atoms with E-state index < -0.39 is 11.9 Å². The van der Waals surface area contributed by atoms with E-state index in [9.17, 15) is 9.59 Å². The van der Waals surface area contributed by atoms with Crippen LogP contribution in [0.1, 0.15) is 30.3 Å². The van der Waals surface area contributed by atoms with Gasteiger partial charge in [-0.25, -0.2) is 0 Å². The van der Waals surface area contributed by atoms with E-state index in [-0.39, 0.29) is 24.3 Å². The van der Waals surface area contributed by atoms with Crippen molar-refractivity contribution >= 4 is 27.8 Å². The van der Waals surface area contributed by atoms with E-state index in [1.807, 2.05) is 0 Å². The number of amides is 1. The monoisotopic (exact) mass is 315 g/mol. The average molecular weight is 316 g/mol. The number of carboxylic acid groups (broad SMARTS) is 1. The van der Waals surface area contributed by atoms with E-state index in [2.05, 4.69) is 15.9 Å². The second kappa shape index (κ2) is 5.14. The number of rotatable bonds is 5. The summed E-state index contributed by atoms with van der Waals surface area (Å²) in [5.41, 5.74) is 0. The van der Waals surface area contributed by atoms with Gasteiger partial charge in [-0.3, -0.25) is 9.59 Å². The molecule has 1 aliphatic rings. The van der Waals surface area contributed by atoms with E-state index in [1.54, 1.807) is 17.9 Å². The molecule has 0 aliphatic heterocycles. The molecule has 98 valence electrons. The summed E-state index contributed by atoms with van der Waals surface area (Å²) in [5.74, 6) is -1.49. The van der Waals surface area contributed by atoms with Gasteiger partial charge in [-0.1, -0.05) is 6.92 Å². The molecule has 6 heteroatoms. The number of halogens is 1. The number of hydrogen-bond donors (Lipinski definition) is 1. The van der Waals surface area contributed by atoms with Crippen LogP contribution < -0.4 is 0 Å². The third-order valence-electron chi connectivity index (χ3n) is 2.95. The first-order valence-electron chi connectivity index (χ1n) is 5.77. The van der Waals surface area contributed by atoms with Crippen LogP contribution in [0.4, 0.5) is 0 Å². The maximum absolute atomic E-state index is 12.3. The Bertz CT molecular complexity index is 466. The maximum Gasteiger partial charge on any atom is 0.308 e. The standard InChI is InChI=1S/C12H14BrNO4/c1-7(12(16)17)6-14(8-2-3-8)11(15)10-9(13)4-5-18-10/h4-5,7-8H,2-3,6H2,1H3,(H,16,17). The Morgan fingerprint density at radius 3 is 2.72 bits per heavy atom. The number of carboxylic acids is 1. The molecule has 5 nitrogen and oxygen atoms in total. The fourth-order valence-corrected chi connectivity index (χ4v) is 2.10. The number of furan rings is 1. The van der Waals surface area contributed by atoms with Crippen molar-refractivity contribution in [1.29, 1.82) is 0 Å². The molecule has 1 amide bonds. The van der Waals surface area contributed by atoms with Crippen LogP contribution in [0.2, 0.25) is 0 Å². The molecule has 1 unspecified atom stereocenters. The largest absolute Gasteiger partial charge is 0.481 e. The Hall–Kier alpha value is -1.30. The highest BCUT2D eigenvalue weighted by Gasteiger charge is 2.36. The molecule has 18 heavy (non-hydrogen) atoms. The van der Waals surface area contributed by atoms with Crippen LogP contribution in [-0.2, 0) is 4.79 Å². The molecule has 1 heterocycles. The Morgan fingerprint density at radius 2 is 2.28 bits per heavy atom. The zero-order chi connectivity index (χ0) is 13.3. The van der Waals surface area contributed by atoms with E-state index in [4.69, 9.17) is 9.52 Å². The van der Waals surface area contributed by atoms with Crippen LogP contribution in [0, 0.1) is 5.92 Å². The van der Waals surface area contributed by atoms with Gasteiger partial charge in [0.05, 0.1) is 16.7 Å². The van der Waals surface area contributed by atoms with Crippen LogP contribution in [0.3, 0.4) is 0 Å². The average Bonchev–Trinajstić information content (AvgIpc) is 3.07. The van der Waals surface area contributed by atoms with Gasteiger partial charge in [0.15, 0.2) is 0 Å². The number of aliphatic carboxylic acids is 1. The minimum absolute atomic E-state index is 0.149. The normalized spacial score (nSPS) is 16.3. The third-order valence-corrected chi connectivity index (χ3v) is 3.58. The van der Waals surface area contributed by atoms with E-state index in [0.29, 0.717) is 4.47 Å². The minimum Gasteiger partial charge on any atom is -0.481 e. The lowest BCUT2D eigenvalue weighted by Crippen LogP contribution is -2.38. The molecule has 1 N–H and O–H groups in total. The summed E-state index contributed by atoms with van der Waals surface area (Å²) < 4.78 is 5.74. The molecule has 1 fully saturated rings. The molecule has 1 saturated carbocycles. The molecule has 0 bridgehead atoms. The predicted octanol–water partition coefficient (Wildman–Crippen LogP) is 2.37. The molecule has 0 spiro atoms. The van der Waals surface area contributed by atoms with Crippen molar-refractivity contribution in [3.63, 3.8) is 0 Å². The summed E-state index contributed by atoms with van der Waals surface area (Å²) in [5, 5.41) is 8.93. The lowest BCUT2D eigenvalue weighted by atomic mass is 10.1. The molecule has 0 aromatic carbocycles. The zero-order valence-corrected chi connectivity index (χ0v) is 11.5. The maximum atomic E-state index is 12.3. The lowest BCUT2D eigenvalue weighted by molar-refractivity contribution is -0.141. The van der Waals surface area contributed by atoms with Gasteiger partial charge in [0.25, 0.3) is 5.91 Å². The summed E-state index contributed by atoms with van der Waals surface area (Å²) in [6, 6.07) is 1.80. The van der Waals surface area contributed by atoms with Crippen molar-refractivity contribution in [1.82, 2.24) is 4.90 Å². The molecule has 1 aromatic rings. The van der Waals surface area contributed by atoms with Crippen molar-refractivity contribution in [2.24, 2.45) is 5.92 Å². The second-order valence-corrected chi connectivity index (χ2v) is 5.38. The van der Waals surface area contributed by atoms with Gasteiger partial charge in [0.1, 0.15) is 0 Å². The molecular weight excluding hydrogens is 302 g/mol. The van der Waals surface area contributed by atoms with Crippen molar-refractivity contribution in [3.05, 3.63) is 22.6 Å². The Kier molecular flexibility index (Phi) is 3.75. The molecule has 1 atom stereocenters. The summed E-state index contributed by atoms with van der Waals surface area (Å²) in [6.45, 7) is 1.81. The van der Waals surface area contributed by atoms with Gasteiger partial charge >= 0.3 is 5.97 Å². The van der Waals surface area contributed by atoms with Crippen LogP contribution in [0.5, 0.6) is 0 Å². The highest BCUT2D eigenvalue weighted by Crippen LogP contribution is 2.30. The number of carbonyl (C=O) groups excluding carboxylic acids is 1. The Morgan fingerprint density at radius 1 is 1.61 bits per heavy atom. The van der Waals surface area contributed by atoms with Gasteiger partial charge in [0.2, 0.25) is 5.76 Å². The van der Waals surface area contributed by atoms with Crippen molar-refractivity contribution in [2.75, 3.05) is 6.54 Å². The van der Waals surface area contributed by atoms with Gasteiger partial charge in [-0.2, -0.15) is 0 Å². The quantitative estimate of drug-likeness (QED) is 0.905. The first kappa shape index (κ1) is 13.1. The van der Waals surface area contributed by atoms with E-state index >= 15 is 0 Å². The number of nitrogens with zero attached hydrogens (tertiary/aromatic N) is 1. The van der Waals surface area contributed by atoms with Crippen LogP contribution >= 0.6 is 15.9 Å². The van der Waals surface area contributed by atoms with E-state index in [1.165, 1.54) is 6.26 Å². The molecular formula is C12H14BrNO4. The molecule has 1 aliphatic carbocycles. The van der Waals surface area contributed by atoms with Crippen molar-refractivity contribution < 1.29 is 19.1 Å². The summed E-state index contributed by atoms with van der Waals surface area (Å²) in [6.07, 6.45) is 3.29. The highest BCUT2D eigenvalue weighted by molar-refractivity contribution is 9.10. The first-order chi connectivity index (χ1) is 8.50. The highest BCUT2D eigenvalue weighted by atomic mass is 79.9. The fraction of sp³-hybridized carbons (Fsp3) is 0.500. The molecule has 1 aromatic heterocycles. The second-order valence-electron chi connectivity index (χ2n) is 4.53. The summed E-state index contributed by atoms with van der Waals surface area (Å²) in [4.78, 5) is 24.8. The Balaban J connectivity index is 2.13.